The summed E-state index contributed by atoms with van der Waals surface area (Å²) in [6, 6.07) is 11.4. The number of hydrogen-bond donors (Lipinski definition) is 1. The maximum atomic E-state index is 3.63. The van der Waals surface area contributed by atoms with Crippen LogP contribution in [0.4, 0.5) is 0 Å². The van der Waals surface area contributed by atoms with Crippen LogP contribution in [0.5, 0.6) is 0 Å². The van der Waals surface area contributed by atoms with E-state index in [1.807, 2.05) is 0 Å². The van der Waals surface area contributed by atoms with E-state index in [4.69, 9.17) is 0 Å². The molecule has 1 aromatic carbocycles. The predicted octanol–water partition coefficient (Wildman–Crippen LogP) is 3.33. The van der Waals surface area contributed by atoms with Crippen LogP contribution in [0, 0.1) is 0 Å². The lowest BCUT2D eigenvalue weighted by Gasteiger charge is -2.23. The molecule has 1 unspecified atom stereocenters. The fourth-order valence-corrected chi connectivity index (χ4v) is 2.38. The summed E-state index contributed by atoms with van der Waals surface area (Å²) < 4.78 is 0. The molecule has 0 saturated carbocycles. The minimum atomic E-state index is 0.594. The Morgan fingerprint density at radius 3 is 2.37 bits per heavy atom. The molecular formula is C17H30N2. The number of benzene rings is 1. The highest BCUT2D eigenvalue weighted by Crippen LogP contribution is 2.04. The first-order chi connectivity index (χ1) is 9.26. The topological polar surface area (TPSA) is 15.3 Å². The summed E-state index contributed by atoms with van der Waals surface area (Å²) in [4.78, 5) is 2.47. The van der Waals surface area contributed by atoms with Crippen LogP contribution in [0.15, 0.2) is 30.3 Å². The maximum absolute atomic E-state index is 3.63. The van der Waals surface area contributed by atoms with E-state index in [9.17, 15) is 0 Å². The first kappa shape index (κ1) is 16.2. The number of nitrogens with zero attached hydrogens (tertiary/aromatic N) is 1. The van der Waals surface area contributed by atoms with E-state index in [0.717, 1.165) is 26.2 Å². The van der Waals surface area contributed by atoms with Crippen molar-refractivity contribution >= 4 is 0 Å². The molecule has 0 saturated heterocycles. The Morgan fingerprint density at radius 2 is 1.74 bits per heavy atom. The Kier molecular flexibility index (Phi) is 8.52. The second-order valence-corrected chi connectivity index (χ2v) is 5.28. The lowest BCUT2D eigenvalue weighted by molar-refractivity contribution is 0.271. The summed E-state index contributed by atoms with van der Waals surface area (Å²) in [5.74, 6) is 0. The van der Waals surface area contributed by atoms with E-state index in [-0.39, 0.29) is 0 Å². The van der Waals surface area contributed by atoms with Gasteiger partial charge in [0.15, 0.2) is 0 Å². The third-order valence-electron chi connectivity index (χ3n) is 3.65. The maximum Gasteiger partial charge on any atom is 0.0166 e. The zero-order chi connectivity index (χ0) is 13.9. The van der Waals surface area contributed by atoms with E-state index in [1.54, 1.807) is 0 Å². The number of rotatable bonds is 10. The second kappa shape index (κ2) is 9.99. The number of nitrogens with one attached hydrogen (secondary N) is 1. The van der Waals surface area contributed by atoms with Gasteiger partial charge in [0.25, 0.3) is 0 Å². The van der Waals surface area contributed by atoms with Gasteiger partial charge in [-0.3, -0.25) is 0 Å². The monoisotopic (exact) mass is 262 g/mol. The minimum Gasteiger partial charge on any atom is -0.313 e. The third-order valence-corrected chi connectivity index (χ3v) is 3.65. The van der Waals surface area contributed by atoms with Gasteiger partial charge in [0.1, 0.15) is 0 Å². The molecule has 2 heteroatoms. The summed E-state index contributed by atoms with van der Waals surface area (Å²) in [7, 11) is 0. The smallest absolute Gasteiger partial charge is 0.0166 e. The molecule has 0 radical (unpaired) electrons. The fourth-order valence-electron chi connectivity index (χ4n) is 2.38. The van der Waals surface area contributed by atoms with Gasteiger partial charge >= 0.3 is 0 Å². The first-order valence-corrected chi connectivity index (χ1v) is 7.75. The third kappa shape index (κ3) is 7.34. The molecule has 108 valence electrons. The van der Waals surface area contributed by atoms with Gasteiger partial charge in [0.05, 0.1) is 0 Å². The average Bonchev–Trinajstić information content (AvgIpc) is 2.45. The van der Waals surface area contributed by atoms with Crippen LogP contribution in [-0.2, 0) is 6.42 Å². The van der Waals surface area contributed by atoms with Gasteiger partial charge in [-0.2, -0.15) is 0 Å². The molecule has 1 rings (SSSR count). The van der Waals surface area contributed by atoms with Gasteiger partial charge in [-0.1, -0.05) is 44.2 Å². The molecule has 1 aromatic rings. The van der Waals surface area contributed by atoms with Crippen molar-refractivity contribution in [3.8, 4) is 0 Å². The SMILES string of the molecule is CCN(CC)CC(C)NCCCCc1ccccc1. The molecule has 0 aliphatic carbocycles. The number of unbranched alkanes of at least 4 members (excludes halogenated alkanes) is 1. The molecule has 0 fully saturated rings. The van der Waals surface area contributed by atoms with E-state index in [1.165, 1.54) is 24.8 Å². The van der Waals surface area contributed by atoms with Crippen LogP contribution in [0.1, 0.15) is 39.2 Å². The molecule has 0 spiro atoms. The molecular weight excluding hydrogens is 232 g/mol. The summed E-state index contributed by atoms with van der Waals surface area (Å²) in [6.07, 6.45) is 3.74. The molecule has 0 aliphatic heterocycles. The van der Waals surface area contributed by atoms with Gasteiger partial charge in [0, 0.05) is 12.6 Å². The summed E-state index contributed by atoms with van der Waals surface area (Å²) in [5, 5.41) is 3.63. The average molecular weight is 262 g/mol. The highest BCUT2D eigenvalue weighted by Gasteiger charge is 2.05. The van der Waals surface area contributed by atoms with Crippen molar-refractivity contribution in [3.63, 3.8) is 0 Å². The van der Waals surface area contributed by atoms with Crippen molar-refractivity contribution in [1.29, 1.82) is 0 Å². The van der Waals surface area contributed by atoms with Gasteiger partial charge in [-0.15, -0.1) is 0 Å². The summed E-state index contributed by atoms with van der Waals surface area (Å²) in [6.45, 7) is 11.3. The van der Waals surface area contributed by atoms with Crippen LogP contribution in [-0.4, -0.2) is 37.1 Å². The van der Waals surface area contributed by atoms with E-state index >= 15 is 0 Å². The second-order valence-electron chi connectivity index (χ2n) is 5.28. The molecule has 2 nitrogen and oxygen atoms in total. The van der Waals surface area contributed by atoms with Gasteiger partial charge in [-0.25, -0.2) is 0 Å². The summed E-state index contributed by atoms with van der Waals surface area (Å²) in [5.41, 5.74) is 1.46. The lowest BCUT2D eigenvalue weighted by Crippen LogP contribution is -2.39. The quantitative estimate of drug-likeness (QED) is 0.651. The van der Waals surface area contributed by atoms with Crippen molar-refractivity contribution in [2.75, 3.05) is 26.2 Å². The Morgan fingerprint density at radius 1 is 1.05 bits per heavy atom. The van der Waals surface area contributed by atoms with Gasteiger partial charge < -0.3 is 10.2 Å². The standard InChI is InChI=1S/C17H30N2/c1-4-19(5-2)15-16(3)18-14-10-9-13-17-11-7-6-8-12-17/h6-8,11-12,16,18H,4-5,9-10,13-15H2,1-3H3. The van der Waals surface area contributed by atoms with Crippen LogP contribution in [0.3, 0.4) is 0 Å². The normalized spacial score (nSPS) is 12.8. The Bertz CT molecular complexity index is 306. The van der Waals surface area contributed by atoms with Crippen molar-refractivity contribution < 1.29 is 0 Å². The Labute approximate surface area is 119 Å². The molecule has 19 heavy (non-hydrogen) atoms. The zero-order valence-electron chi connectivity index (χ0n) is 12.9. The molecule has 0 heterocycles. The number of aryl methyl sites for hydroxylation is 1. The van der Waals surface area contributed by atoms with Crippen molar-refractivity contribution in [2.24, 2.45) is 0 Å². The van der Waals surface area contributed by atoms with Crippen molar-refractivity contribution in [2.45, 2.75) is 46.1 Å². The Balaban J connectivity index is 2.04. The van der Waals surface area contributed by atoms with E-state index in [2.05, 4.69) is 61.3 Å². The van der Waals surface area contributed by atoms with Crippen LogP contribution in [0.25, 0.3) is 0 Å². The van der Waals surface area contributed by atoms with Gasteiger partial charge in [-0.05, 0) is 51.4 Å². The van der Waals surface area contributed by atoms with Crippen LogP contribution < -0.4 is 5.32 Å². The highest BCUT2D eigenvalue weighted by atomic mass is 15.1. The molecule has 0 aromatic heterocycles. The molecule has 1 N–H and O–H groups in total. The molecule has 0 amide bonds. The van der Waals surface area contributed by atoms with E-state index in [0.29, 0.717) is 6.04 Å². The molecule has 0 aliphatic rings. The summed E-state index contributed by atoms with van der Waals surface area (Å²) >= 11 is 0. The molecule has 1 atom stereocenters. The molecule has 0 bridgehead atoms. The van der Waals surface area contributed by atoms with E-state index < -0.39 is 0 Å². The number of hydrogen-bond acceptors (Lipinski definition) is 2. The van der Waals surface area contributed by atoms with Crippen LogP contribution in [0.2, 0.25) is 0 Å². The van der Waals surface area contributed by atoms with Crippen molar-refractivity contribution in [1.82, 2.24) is 10.2 Å². The number of likely N-dealkylation sites (N-methyl/N-ethyl adjacent to an activating group) is 1. The predicted molar refractivity (Wildman–Crippen MR) is 84.6 cm³/mol. The van der Waals surface area contributed by atoms with Crippen molar-refractivity contribution in [3.05, 3.63) is 35.9 Å². The highest BCUT2D eigenvalue weighted by molar-refractivity contribution is 5.14. The zero-order valence-corrected chi connectivity index (χ0v) is 12.9. The largest absolute Gasteiger partial charge is 0.313 e. The van der Waals surface area contributed by atoms with Crippen LogP contribution >= 0.6 is 0 Å². The first-order valence-electron chi connectivity index (χ1n) is 7.75. The van der Waals surface area contributed by atoms with Gasteiger partial charge in [0.2, 0.25) is 0 Å². The fraction of sp³-hybridized carbons (Fsp3) is 0.647. The minimum absolute atomic E-state index is 0.594. The lowest BCUT2D eigenvalue weighted by atomic mass is 10.1. The Hall–Kier alpha value is -0.860.